The Morgan fingerprint density at radius 2 is 2.10 bits per heavy atom. The molecule has 1 atom stereocenters. The Kier molecular flexibility index (Phi) is 8.34. The summed E-state index contributed by atoms with van der Waals surface area (Å²) in [5, 5.41) is 10.5. The average molecular weight is 408 g/mol. The quantitative estimate of drug-likeness (QED) is 0.530. The number of hydrogen-bond donors (Lipinski definition) is 2. The van der Waals surface area contributed by atoms with E-state index in [9.17, 15) is 4.79 Å². The van der Waals surface area contributed by atoms with Gasteiger partial charge in [-0.1, -0.05) is 19.0 Å². The first-order valence-electron chi connectivity index (χ1n) is 10.7. The number of aliphatic imine (C=N–C) groups is 1. The first-order chi connectivity index (χ1) is 13.8. The van der Waals surface area contributed by atoms with Crippen molar-refractivity contribution in [1.29, 1.82) is 0 Å². The summed E-state index contributed by atoms with van der Waals surface area (Å²) in [7, 11) is 0. The van der Waals surface area contributed by atoms with E-state index in [1.165, 1.54) is 0 Å². The molecule has 1 saturated heterocycles. The van der Waals surface area contributed by atoms with Gasteiger partial charge < -0.3 is 24.8 Å². The lowest BCUT2D eigenvalue weighted by Gasteiger charge is -2.23. The van der Waals surface area contributed by atoms with Gasteiger partial charge in [0, 0.05) is 31.6 Å². The summed E-state index contributed by atoms with van der Waals surface area (Å²) in [6.07, 6.45) is 2.58. The number of likely N-dealkylation sites (tertiary alicyclic amines) is 1. The van der Waals surface area contributed by atoms with Crippen molar-refractivity contribution in [3.63, 3.8) is 0 Å². The largest absolute Gasteiger partial charge is 0.444 e. The molecule has 1 aromatic heterocycles. The summed E-state index contributed by atoms with van der Waals surface area (Å²) in [5.41, 5.74) is 0.511. The van der Waals surface area contributed by atoms with Crippen molar-refractivity contribution in [3.8, 4) is 0 Å². The van der Waals surface area contributed by atoms with E-state index in [1.54, 1.807) is 0 Å². The van der Waals surface area contributed by atoms with Gasteiger partial charge in [0.2, 0.25) is 0 Å². The number of alkyl carbamates (subject to hydrolysis) is 1. The SMILES string of the molecule is CCNC(=NCc1cc(C(CC)CC)no1)N1CCC(NC(=O)OC(C)(C)C)C1. The van der Waals surface area contributed by atoms with Gasteiger partial charge in [0.05, 0.1) is 11.7 Å². The number of nitrogens with one attached hydrogen (secondary N) is 2. The average Bonchev–Trinajstić information content (AvgIpc) is 3.28. The van der Waals surface area contributed by atoms with Crippen molar-refractivity contribution in [2.45, 2.75) is 84.9 Å². The maximum atomic E-state index is 12.0. The van der Waals surface area contributed by atoms with Gasteiger partial charge in [0.25, 0.3) is 0 Å². The van der Waals surface area contributed by atoms with Crippen LogP contribution in [0.2, 0.25) is 0 Å². The van der Waals surface area contributed by atoms with Gasteiger partial charge in [0.15, 0.2) is 11.7 Å². The summed E-state index contributed by atoms with van der Waals surface area (Å²) in [6, 6.07) is 2.06. The molecule has 2 N–H and O–H groups in total. The van der Waals surface area contributed by atoms with Gasteiger partial charge in [-0.2, -0.15) is 0 Å². The molecule has 0 bridgehead atoms. The molecule has 1 fully saturated rings. The number of ether oxygens (including phenoxy) is 1. The lowest BCUT2D eigenvalue weighted by atomic mass is 9.99. The first kappa shape index (κ1) is 23.0. The molecule has 29 heavy (non-hydrogen) atoms. The van der Waals surface area contributed by atoms with Gasteiger partial charge in [0.1, 0.15) is 12.1 Å². The molecule has 8 heteroatoms. The van der Waals surface area contributed by atoms with Crippen molar-refractivity contribution >= 4 is 12.1 Å². The van der Waals surface area contributed by atoms with Crippen LogP contribution < -0.4 is 10.6 Å². The highest BCUT2D eigenvalue weighted by atomic mass is 16.6. The molecule has 1 aromatic rings. The smallest absolute Gasteiger partial charge is 0.407 e. The Bertz CT molecular complexity index is 676. The van der Waals surface area contributed by atoms with Crippen LogP contribution in [0.3, 0.4) is 0 Å². The van der Waals surface area contributed by atoms with Crippen LogP contribution in [0.1, 0.15) is 78.2 Å². The van der Waals surface area contributed by atoms with Crippen molar-refractivity contribution in [2.75, 3.05) is 19.6 Å². The van der Waals surface area contributed by atoms with Crippen LogP contribution in [-0.2, 0) is 11.3 Å². The molecule has 164 valence electrons. The number of hydrogen-bond acceptors (Lipinski definition) is 5. The van der Waals surface area contributed by atoms with Crippen LogP contribution in [0.15, 0.2) is 15.6 Å². The molecule has 1 unspecified atom stereocenters. The summed E-state index contributed by atoms with van der Waals surface area (Å²) in [4.78, 5) is 18.9. The third-order valence-corrected chi connectivity index (χ3v) is 4.91. The number of rotatable bonds is 7. The first-order valence-corrected chi connectivity index (χ1v) is 10.7. The number of carbonyl (C=O) groups is 1. The fourth-order valence-corrected chi connectivity index (χ4v) is 3.43. The Labute approximate surface area is 174 Å². The lowest BCUT2D eigenvalue weighted by molar-refractivity contribution is 0.0507. The van der Waals surface area contributed by atoms with Gasteiger partial charge in [-0.25, -0.2) is 9.79 Å². The minimum atomic E-state index is -0.497. The van der Waals surface area contributed by atoms with Crippen LogP contribution in [0.25, 0.3) is 0 Å². The predicted octanol–water partition coefficient (Wildman–Crippen LogP) is 3.64. The normalized spacial score (nSPS) is 17.7. The number of carbonyl (C=O) groups excluding carboxylic acids is 1. The highest BCUT2D eigenvalue weighted by Gasteiger charge is 2.28. The lowest BCUT2D eigenvalue weighted by Crippen LogP contribution is -2.44. The van der Waals surface area contributed by atoms with E-state index in [1.807, 2.05) is 33.8 Å². The molecule has 0 aromatic carbocycles. The molecule has 8 nitrogen and oxygen atoms in total. The topological polar surface area (TPSA) is 92.0 Å². The molecule has 2 heterocycles. The van der Waals surface area contributed by atoms with Gasteiger partial charge in [-0.15, -0.1) is 0 Å². The van der Waals surface area contributed by atoms with E-state index in [4.69, 9.17) is 14.3 Å². The third kappa shape index (κ3) is 7.25. The minimum absolute atomic E-state index is 0.0421. The number of aromatic nitrogens is 1. The Hall–Kier alpha value is -2.25. The molecule has 1 aliphatic heterocycles. The Morgan fingerprint density at radius 1 is 1.38 bits per heavy atom. The van der Waals surface area contributed by atoms with E-state index >= 15 is 0 Å². The monoisotopic (exact) mass is 407 g/mol. The highest BCUT2D eigenvalue weighted by molar-refractivity contribution is 5.80. The van der Waals surface area contributed by atoms with Crippen LogP contribution in [0, 0.1) is 0 Å². The van der Waals surface area contributed by atoms with Crippen molar-refractivity contribution in [1.82, 2.24) is 20.7 Å². The second-order valence-electron chi connectivity index (χ2n) is 8.48. The summed E-state index contributed by atoms with van der Waals surface area (Å²) >= 11 is 0. The highest BCUT2D eigenvalue weighted by Crippen LogP contribution is 2.22. The molecule has 0 spiro atoms. The zero-order valence-corrected chi connectivity index (χ0v) is 18.7. The summed E-state index contributed by atoms with van der Waals surface area (Å²) in [6.45, 7) is 14.7. The van der Waals surface area contributed by atoms with E-state index in [0.717, 1.165) is 49.8 Å². The molecular formula is C21H37N5O3. The van der Waals surface area contributed by atoms with E-state index in [-0.39, 0.29) is 12.1 Å². The van der Waals surface area contributed by atoms with Gasteiger partial charge in [-0.3, -0.25) is 0 Å². The molecule has 0 saturated carbocycles. The van der Waals surface area contributed by atoms with Crippen LogP contribution >= 0.6 is 0 Å². The molecule has 0 radical (unpaired) electrons. The minimum Gasteiger partial charge on any atom is -0.444 e. The predicted molar refractivity (Wildman–Crippen MR) is 114 cm³/mol. The zero-order valence-electron chi connectivity index (χ0n) is 18.7. The standard InChI is InChI=1S/C21H37N5O3/c1-7-15(8-2)18-12-17(29-25-18)13-23-19(22-9-3)26-11-10-16(14-26)24-20(27)28-21(4,5)6/h12,15-16H,7-11,13-14H2,1-6H3,(H,22,23)(H,24,27). The van der Waals surface area contributed by atoms with E-state index in [0.29, 0.717) is 19.0 Å². The van der Waals surface area contributed by atoms with Gasteiger partial charge >= 0.3 is 6.09 Å². The number of guanidine groups is 1. The summed E-state index contributed by atoms with van der Waals surface area (Å²) < 4.78 is 10.8. The fraction of sp³-hybridized carbons (Fsp3) is 0.762. The van der Waals surface area contributed by atoms with Crippen LogP contribution in [0.4, 0.5) is 4.79 Å². The van der Waals surface area contributed by atoms with Gasteiger partial charge in [-0.05, 0) is 47.0 Å². The Balaban J connectivity index is 1.95. The number of nitrogens with zero attached hydrogens (tertiary/aromatic N) is 3. The molecule has 0 aliphatic carbocycles. The Morgan fingerprint density at radius 3 is 2.72 bits per heavy atom. The molecular weight excluding hydrogens is 370 g/mol. The molecule has 1 amide bonds. The zero-order chi connectivity index (χ0) is 21.4. The maximum absolute atomic E-state index is 12.0. The number of amides is 1. The van der Waals surface area contributed by atoms with E-state index in [2.05, 4.69) is 34.5 Å². The maximum Gasteiger partial charge on any atom is 0.407 e. The molecule has 2 rings (SSSR count). The van der Waals surface area contributed by atoms with Crippen LogP contribution in [0.5, 0.6) is 0 Å². The summed E-state index contributed by atoms with van der Waals surface area (Å²) in [5.74, 6) is 2.02. The second kappa shape index (κ2) is 10.5. The van der Waals surface area contributed by atoms with Crippen molar-refractivity contribution in [3.05, 3.63) is 17.5 Å². The third-order valence-electron chi connectivity index (χ3n) is 4.91. The van der Waals surface area contributed by atoms with Crippen molar-refractivity contribution in [2.24, 2.45) is 4.99 Å². The molecule has 1 aliphatic rings. The fourth-order valence-electron chi connectivity index (χ4n) is 3.43. The van der Waals surface area contributed by atoms with Crippen LogP contribution in [-0.4, -0.2) is 53.4 Å². The second-order valence-corrected chi connectivity index (χ2v) is 8.48. The van der Waals surface area contributed by atoms with E-state index < -0.39 is 5.60 Å². The van der Waals surface area contributed by atoms with Crippen molar-refractivity contribution < 1.29 is 14.1 Å².